The van der Waals surface area contributed by atoms with Crippen LogP contribution in [0.5, 0.6) is 0 Å². The van der Waals surface area contributed by atoms with Crippen LogP contribution in [0, 0.1) is 0 Å². The van der Waals surface area contributed by atoms with Crippen LogP contribution in [-0.2, 0) is 0 Å². The normalized spacial score (nSPS) is 10.3. The van der Waals surface area contributed by atoms with Gasteiger partial charge in [-0.3, -0.25) is 0 Å². The lowest BCUT2D eigenvalue weighted by Crippen LogP contribution is -1.97. The average molecular weight is 164 g/mol. The quantitative estimate of drug-likeness (QED) is 0.659. The molecule has 2 nitrogen and oxygen atoms in total. The molecular formula is C10H16N2. The van der Waals surface area contributed by atoms with Crippen molar-refractivity contribution in [3.63, 3.8) is 0 Å². The molecule has 0 amide bonds. The molecule has 0 aromatic heterocycles. The molecule has 0 bridgehead atoms. The fourth-order valence-electron chi connectivity index (χ4n) is 1.15. The summed E-state index contributed by atoms with van der Waals surface area (Å²) in [7, 11) is 1.88. The molecule has 1 aromatic carbocycles. The Labute approximate surface area is 73.8 Å². The SMILES string of the molecule is CNc1cc(C(C)C)ccc1N. The monoisotopic (exact) mass is 164 g/mol. The molecule has 0 heterocycles. The van der Waals surface area contributed by atoms with Gasteiger partial charge in [0.1, 0.15) is 0 Å². The lowest BCUT2D eigenvalue weighted by atomic mass is 10.0. The van der Waals surface area contributed by atoms with Crippen LogP contribution in [0.25, 0.3) is 0 Å². The molecule has 0 aliphatic heterocycles. The topological polar surface area (TPSA) is 38.0 Å². The van der Waals surface area contributed by atoms with Gasteiger partial charge in [0.2, 0.25) is 0 Å². The van der Waals surface area contributed by atoms with Gasteiger partial charge in [-0.2, -0.15) is 0 Å². The summed E-state index contributed by atoms with van der Waals surface area (Å²) in [5, 5.41) is 3.07. The van der Waals surface area contributed by atoms with Gasteiger partial charge in [-0.1, -0.05) is 19.9 Å². The highest BCUT2D eigenvalue weighted by Crippen LogP contribution is 2.23. The van der Waals surface area contributed by atoms with Crippen molar-refractivity contribution in [1.29, 1.82) is 0 Å². The highest BCUT2D eigenvalue weighted by Gasteiger charge is 2.01. The van der Waals surface area contributed by atoms with Crippen molar-refractivity contribution in [2.45, 2.75) is 19.8 Å². The molecule has 0 radical (unpaired) electrons. The highest BCUT2D eigenvalue weighted by atomic mass is 14.8. The summed E-state index contributed by atoms with van der Waals surface area (Å²) in [6, 6.07) is 6.11. The van der Waals surface area contributed by atoms with Gasteiger partial charge in [0.15, 0.2) is 0 Å². The molecule has 0 saturated heterocycles. The van der Waals surface area contributed by atoms with Gasteiger partial charge in [0, 0.05) is 7.05 Å². The first kappa shape index (κ1) is 8.91. The summed E-state index contributed by atoms with van der Waals surface area (Å²) in [5.74, 6) is 0.553. The third-order valence-electron chi connectivity index (χ3n) is 2.01. The van der Waals surface area contributed by atoms with Crippen molar-refractivity contribution in [2.24, 2.45) is 0 Å². The van der Waals surface area contributed by atoms with Gasteiger partial charge < -0.3 is 11.1 Å². The summed E-state index contributed by atoms with van der Waals surface area (Å²) >= 11 is 0. The maximum Gasteiger partial charge on any atom is 0.0574 e. The van der Waals surface area contributed by atoms with Crippen molar-refractivity contribution in [3.8, 4) is 0 Å². The third kappa shape index (κ3) is 1.70. The lowest BCUT2D eigenvalue weighted by Gasteiger charge is -2.10. The van der Waals surface area contributed by atoms with Crippen LogP contribution in [-0.4, -0.2) is 7.05 Å². The van der Waals surface area contributed by atoms with E-state index in [4.69, 9.17) is 5.73 Å². The van der Waals surface area contributed by atoms with E-state index in [9.17, 15) is 0 Å². The molecule has 1 aromatic rings. The predicted molar refractivity (Wildman–Crippen MR) is 54.5 cm³/mol. The van der Waals surface area contributed by atoms with Crippen molar-refractivity contribution in [2.75, 3.05) is 18.1 Å². The Bertz CT molecular complexity index is 267. The Morgan fingerprint density at radius 1 is 1.33 bits per heavy atom. The van der Waals surface area contributed by atoms with E-state index in [2.05, 4.69) is 31.3 Å². The van der Waals surface area contributed by atoms with Crippen LogP contribution >= 0.6 is 0 Å². The lowest BCUT2D eigenvalue weighted by molar-refractivity contribution is 0.867. The Morgan fingerprint density at radius 3 is 2.50 bits per heavy atom. The first-order valence-electron chi connectivity index (χ1n) is 4.22. The molecule has 0 saturated carbocycles. The van der Waals surface area contributed by atoms with E-state index in [0.717, 1.165) is 11.4 Å². The van der Waals surface area contributed by atoms with Crippen molar-refractivity contribution >= 4 is 11.4 Å². The number of anilines is 2. The second-order valence-electron chi connectivity index (χ2n) is 3.25. The number of nitrogens with two attached hydrogens (primary N) is 1. The van der Waals surface area contributed by atoms with E-state index >= 15 is 0 Å². The summed E-state index contributed by atoms with van der Waals surface area (Å²) in [5.41, 5.74) is 8.87. The molecule has 0 atom stereocenters. The summed E-state index contributed by atoms with van der Waals surface area (Å²) < 4.78 is 0. The molecule has 0 aliphatic carbocycles. The fraction of sp³-hybridized carbons (Fsp3) is 0.400. The number of hydrogen-bond acceptors (Lipinski definition) is 2. The molecule has 66 valence electrons. The number of benzene rings is 1. The maximum atomic E-state index is 5.74. The molecule has 0 spiro atoms. The van der Waals surface area contributed by atoms with E-state index < -0.39 is 0 Å². The number of hydrogen-bond donors (Lipinski definition) is 2. The second-order valence-corrected chi connectivity index (χ2v) is 3.25. The Balaban J connectivity index is 3.05. The van der Waals surface area contributed by atoms with E-state index in [1.807, 2.05) is 13.1 Å². The van der Waals surface area contributed by atoms with E-state index in [0.29, 0.717) is 5.92 Å². The van der Waals surface area contributed by atoms with Crippen LogP contribution in [0.15, 0.2) is 18.2 Å². The number of rotatable bonds is 2. The fourth-order valence-corrected chi connectivity index (χ4v) is 1.15. The Kier molecular flexibility index (Phi) is 2.58. The minimum absolute atomic E-state index is 0.553. The molecule has 0 unspecified atom stereocenters. The molecule has 3 N–H and O–H groups in total. The van der Waals surface area contributed by atoms with Crippen LogP contribution in [0.1, 0.15) is 25.3 Å². The van der Waals surface area contributed by atoms with E-state index in [-0.39, 0.29) is 0 Å². The largest absolute Gasteiger partial charge is 0.397 e. The van der Waals surface area contributed by atoms with Gasteiger partial charge in [0.05, 0.1) is 11.4 Å². The molecule has 2 heteroatoms. The Hall–Kier alpha value is -1.18. The molecule has 0 fully saturated rings. The second kappa shape index (κ2) is 3.48. The van der Waals surface area contributed by atoms with Crippen molar-refractivity contribution < 1.29 is 0 Å². The first-order valence-corrected chi connectivity index (χ1v) is 4.22. The molecule has 0 aliphatic rings. The summed E-state index contributed by atoms with van der Waals surface area (Å²) in [6.45, 7) is 4.34. The standard InChI is InChI=1S/C10H16N2/c1-7(2)8-4-5-9(11)10(6-8)12-3/h4-7,12H,11H2,1-3H3. The number of nitrogens with one attached hydrogen (secondary N) is 1. The first-order chi connectivity index (χ1) is 5.65. The van der Waals surface area contributed by atoms with Crippen molar-refractivity contribution in [1.82, 2.24) is 0 Å². The zero-order valence-electron chi connectivity index (χ0n) is 7.89. The van der Waals surface area contributed by atoms with Crippen LogP contribution < -0.4 is 11.1 Å². The highest BCUT2D eigenvalue weighted by molar-refractivity contribution is 5.66. The molecular weight excluding hydrogens is 148 g/mol. The third-order valence-corrected chi connectivity index (χ3v) is 2.01. The summed E-state index contributed by atoms with van der Waals surface area (Å²) in [4.78, 5) is 0. The van der Waals surface area contributed by atoms with Gasteiger partial charge in [-0.05, 0) is 23.6 Å². The number of nitrogen functional groups attached to an aromatic ring is 1. The van der Waals surface area contributed by atoms with E-state index in [1.165, 1.54) is 5.56 Å². The van der Waals surface area contributed by atoms with Crippen LogP contribution in [0.3, 0.4) is 0 Å². The Morgan fingerprint density at radius 2 is 2.00 bits per heavy atom. The molecule has 12 heavy (non-hydrogen) atoms. The van der Waals surface area contributed by atoms with Gasteiger partial charge in [-0.15, -0.1) is 0 Å². The smallest absolute Gasteiger partial charge is 0.0574 e. The maximum absolute atomic E-state index is 5.74. The zero-order valence-corrected chi connectivity index (χ0v) is 7.89. The van der Waals surface area contributed by atoms with E-state index in [1.54, 1.807) is 0 Å². The minimum Gasteiger partial charge on any atom is -0.397 e. The van der Waals surface area contributed by atoms with Crippen LogP contribution in [0.4, 0.5) is 11.4 Å². The van der Waals surface area contributed by atoms with Gasteiger partial charge in [0.25, 0.3) is 0 Å². The van der Waals surface area contributed by atoms with Crippen molar-refractivity contribution in [3.05, 3.63) is 23.8 Å². The predicted octanol–water partition coefficient (Wildman–Crippen LogP) is 2.43. The summed E-state index contributed by atoms with van der Waals surface area (Å²) in [6.07, 6.45) is 0. The minimum atomic E-state index is 0.553. The average Bonchev–Trinajstić information content (AvgIpc) is 2.05. The van der Waals surface area contributed by atoms with Gasteiger partial charge in [-0.25, -0.2) is 0 Å². The zero-order chi connectivity index (χ0) is 9.14. The van der Waals surface area contributed by atoms with Crippen LogP contribution in [0.2, 0.25) is 0 Å². The van der Waals surface area contributed by atoms with Gasteiger partial charge >= 0.3 is 0 Å². The molecule has 1 rings (SSSR count).